The normalized spacial score (nSPS) is 24.3. The van der Waals surface area contributed by atoms with Crippen LogP contribution in [-0.2, 0) is 47.2 Å². The Kier molecular flexibility index (Phi) is 5.78. The molecule has 0 aromatic heterocycles. The highest BCUT2D eigenvalue weighted by Crippen LogP contribution is 2.26. The van der Waals surface area contributed by atoms with Gasteiger partial charge in [-0.15, -0.1) is 0 Å². The topological polar surface area (TPSA) is 127 Å². The monoisotopic (exact) mass is 430 g/mol. The summed E-state index contributed by atoms with van der Waals surface area (Å²) in [5.74, 6) is -1.54. The molecule has 1 aromatic rings. The summed E-state index contributed by atoms with van der Waals surface area (Å²) in [7, 11) is -6.81. The van der Waals surface area contributed by atoms with Crippen molar-refractivity contribution in [3.8, 4) is 0 Å². The number of hydrogen-bond acceptors (Lipinski definition) is 7. The molecule has 154 valence electrons. The molecular formula is C17H22N2O7S2. The van der Waals surface area contributed by atoms with Gasteiger partial charge in [-0.2, -0.15) is 4.31 Å². The number of carbonyl (C=O) groups is 2. The molecule has 0 spiro atoms. The van der Waals surface area contributed by atoms with Crippen LogP contribution in [0.1, 0.15) is 17.5 Å². The molecule has 2 heterocycles. The number of amides is 1. The summed E-state index contributed by atoms with van der Waals surface area (Å²) < 4.78 is 53.2. The van der Waals surface area contributed by atoms with Gasteiger partial charge in [-0.05, 0) is 17.5 Å². The molecule has 1 amide bonds. The molecule has 28 heavy (non-hydrogen) atoms. The minimum absolute atomic E-state index is 0.0164. The second kappa shape index (κ2) is 7.80. The number of carbonyl (C=O) groups excluding carboxylic acids is 2. The summed E-state index contributed by atoms with van der Waals surface area (Å²) in [6, 6.07) is 5.68. The maximum Gasteiger partial charge on any atom is 0.325 e. The zero-order chi connectivity index (χ0) is 20.5. The third kappa shape index (κ3) is 4.89. The lowest BCUT2D eigenvalue weighted by molar-refractivity contribution is -0.152. The van der Waals surface area contributed by atoms with Crippen molar-refractivity contribution in [2.75, 3.05) is 24.4 Å². The maximum atomic E-state index is 12.5. The highest BCUT2D eigenvalue weighted by molar-refractivity contribution is 7.91. The van der Waals surface area contributed by atoms with Gasteiger partial charge in [-0.25, -0.2) is 16.8 Å². The van der Waals surface area contributed by atoms with Crippen LogP contribution < -0.4 is 5.32 Å². The predicted molar refractivity (Wildman–Crippen MR) is 100 cm³/mol. The van der Waals surface area contributed by atoms with Gasteiger partial charge in [0.15, 0.2) is 16.4 Å². The first-order valence-electron chi connectivity index (χ1n) is 8.75. The molecule has 2 aliphatic heterocycles. The zero-order valence-corrected chi connectivity index (χ0v) is 17.0. The Labute approximate surface area is 164 Å². The number of esters is 1. The van der Waals surface area contributed by atoms with E-state index in [1.54, 1.807) is 18.2 Å². The van der Waals surface area contributed by atoms with E-state index in [1.165, 1.54) is 0 Å². The molecular weight excluding hydrogens is 408 g/mol. The molecule has 1 saturated heterocycles. The second-order valence-electron chi connectivity index (χ2n) is 7.07. The minimum atomic E-state index is -3.67. The minimum Gasteiger partial charge on any atom is -0.454 e. The van der Waals surface area contributed by atoms with Crippen LogP contribution in [-0.4, -0.2) is 69.5 Å². The van der Waals surface area contributed by atoms with Gasteiger partial charge in [-0.3, -0.25) is 9.59 Å². The summed E-state index contributed by atoms with van der Waals surface area (Å²) in [6.45, 7) is -0.536. The Bertz CT molecular complexity index is 989. The second-order valence-corrected chi connectivity index (χ2v) is 11.2. The largest absolute Gasteiger partial charge is 0.454 e. The third-order valence-electron chi connectivity index (χ3n) is 4.85. The van der Waals surface area contributed by atoms with Crippen molar-refractivity contribution in [1.82, 2.24) is 9.62 Å². The van der Waals surface area contributed by atoms with Crippen LogP contribution in [0.25, 0.3) is 0 Å². The van der Waals surface area contributed by atoms with Gasteiger partial charge in [0.25, 0.3) is 5.91 Å². The SMILES string of the molecule is CS(=O)(=O)N1Cc2ccccc2CC1C(=O)OCC(=O)NC1CCS(=O)(=O)C1. The average molecular weight is 431 g/mol. The number of nitrogens with one attached hydrogen (secondary N) is 1. The van der Waals surface area contributed by atoms with Crippen molar-refractivity contribution in [2.45, 2.75) is 31.5 Å². The smallest absolute Gasteiger partial charge is 0.325 e. The van der Waals surface area contributed by atoms with Crippen molar-refractivity contribution < 1.29 is 31.2 Å². The molecule has 2 aliphatic rings. The van der Waals surface area contributed by atoms with E-state index in [2.05, 4.69) is 5.32 Å². The number of hydrogen-bond donors (Lipinski definition) is 1. The van der Waals surface area contributed by atoms with E-state index in [0.29, 0.717) is 6.42 Å². The predicted octanol–water partition coefficient (Wildman–Crippen LogP) is -0.781. The van der Waals surface area contributed by atoms with Gasteiger partial charge >= 0.3 is 5.97 Å². The number of ether oxygens (including phenoxy) is 1. The van der Waals surface area contributed by atoms with E-state index in [1.807, 2.05) is 6.07 Å². The van der Waals surface area contributed by atoms with E-state index >= 15 is 0 Å². The van der Waals surface area contributed by atoms with E-state index < -0.39 is 50.4 Å². The number of rotatable bonds is 5. The number of nitrogens with zero attached hydrogens (tertiary/aromatic N) is 1. The number of benzene rings is 1. The van der Waals surface area contributed by atoms with Crippen LogP contribution in [0.5, 0.6) is 0 Å². The van der Waals surface area contributed by atoms with Crippen LogP contribution >= 0.6 is 0 Å². The third-order valence-corrected chi connectivity index (χ3v) is 7.85. The van der Waals surface area contributed by atoms with E-state index in [9.17, 15) is 26.4 Å². The van der Waals surface area contributed by atoms with Crippen LogP contribution in [0, 0.1) is 0 Å². The highest BCUT2D eigenvalue weighted by Gasteiger charge is 2.38. The lowest BCUT2D eigenvalue weighted by Crippen LogP contribution is -2.49. The molecule has 0 aliphatic carbocycles. The molecule has 3 rings (SSSR count). The Morgan fingerprint density at radius 3 is 2.54 bits per heavy atom. The number of sulfonamides is 1. The van der Waals surface area contributed by atoms with Crippen molar-refractivity contribution >= 4 is 31.7 Å². The van der Waals surface area contributed by atoms with Gasteiger partial charge in [0, 0.05) is 19.0 Å². The number of fused-ring (bicyclic) bond motifs is 1. The van der Waals surface area contributed by atoms with E-state index in [4.69, 9.17) is 4.74 Å². The summed E-state index contributed by atoms with van der Waals surface area (Å²) in [4.78, 5) is 24.5. The number of sulfone groups is 1. The van der Waals surface area contributed by atoms with Gasteiger partial charge in [0.2, 0.25) is 10.0 Å². The van der Waals surface area contributed by atoms with Crippen LogP contribution in [0.15, 0.2) is 24.3 Å². The van der Waals surface area contributed by atoms with E-state index in [0.717, 1.165) is 21.7 Å². The van der Waals surface area contributed by atoms with Crippen LogP contribution in [0.4, 0.5) is 0 Å². The Balaban J connectivity index is 1.63. The zero-order valence-electron chi connectivity index (χ0n) is 15.3. The average Bonchev–Trinajstić information content (AvgIpc) is 2.96. The van der Waals surface area contributed by atoms with Gasteiger partial charge < -0.3 is 10.1 Å². The van der Waals surface area contributed by atoms with Gasteiger partial charge in [-0.1, -0.05) is 24.3 Å². The van der Waals surface area contributed by atoms with Gasteiger partial charge in [0.1, 0.15) is 6.04 Å². The molecule has 0 bridgehead atoms. The Morgan fingerprint density at radius 1 is 1.25 bits per heavy atom. The highest BCUT2D eigenvalue weighted by atomic mass is 32.2. The first kappa shape index (κ1) is 20.7. The maximum absolute atomic E-state index is 12.5. The lowest BCUT2D eigenvalue weighted by Gasteiger charge is -2.33. The fourth-order valence-electron chi connectivity index (χ4n) is 3.46. The van der Waals surface area contributed by atoms with Crippen molar-refractivity contribution in [3.63, 3.8) is 0 Å². The molecule has 0 radical (unpaired) electrons. The standard InChI is InChI=1S/C17H22N2O7S2/c1-27(22,23)19-9-13-5-3-2-4-12(13)8-15(19)17(21)26-10-16(20)18-14-6-7-28(24,25)11-14/h2-5,14-15H,6-11H2,1H3,(H,18,20). The fraction of sp³-hybridized carbons (Fsp3) is 0.529. The van der Waals surface area contributed by atoms with Crippen LogP contribution in [0.2, 0.25) is 0 Å². The quantitative estimate of drug-likeness (QED) is 0.607. The molecule has 2 unspecified atom stereocenters. The van der Waals surface area contributed by atoms with Crippen molar-refractivity contribution in [3.05, 3.63) is 35.4 Å². The molecule has 0 saturated carbocycles. The van der Waals surface area contributed by atoms with Crippen LogP contribution in [0.3, 0.4) is 0 Å². The molecule has 9 nitrogen and oxygen atoms in total. The van der Waals surface area contributed by atoms with E-state index in [-0.39, 0.29) is 24.5 Å². The fourth-order valence-corrected chi connectivity index (χ4v) is 6.13. The molecule has 11 heteroatoms. The van der Waals surface area contributed by atoms with Crippen molar-refractivity contribution in [2.24, 2.45) is 0 Å². The summed E-state index contributed by atoms with van der Waals surface area (Å²) in [6.07, 6.45) is 1.50. The molecule has 2 atom stereocenters. The summed E-state index contributed by atoms with van der Waals surface area (Å²) >= 11 is 0. The van der Waals surface area contributed by atoms with Gasteiger partial charge in [0.05, 0.1) is 17.8 Å². The Morgan fingerprint density at radius 2 is 1.93 bits per heavy atom. The summed E-state index contributed by atoms with van der Waals surface area (Å²) in [5, 5.41) is 2.52. The molecule has 1 aromatic carbocycles. The van der Waals surface area contributed by atoms with Crippen molar-refractivity contribution in [1.29, 1.82) is 0 Å². The summed E-state index contributed by atoms with van der Waals surface area (Å²) in [5.41, 5.74) is 1.67. The first-order valence-corrected chi connectivity index (χ1v) is 12.4. The first-order chi connectivity index (χ1) is 13.0. The Hall–Kier alpha value is -1.98. The lowest BCUT2D eigenvalue weighted by atomic mass is 9.96. The molecule has 1 fully saturated rings. The molecule has 1 N–H and O–H groups in total.